The van der Waals surface area contributed by atoms with Gasteiger partial charge in [0.25, 0.3) is 14.4 Å². The second kappa shape index (κ2) is 16.5. The largest absolute Gasteiger partial charge is 0.497 e. The van der Waals surface area contributed by atoms with Gasteiger partial charge in [-0.15, -0.1) is 0 Å². The molecule has 1 saturated heterocycles. The molecule has 0 spiro atoms. The Balaban J connectivity index is 1.78. The van der Waals surface area contributed by atoms with Gasteiger partial charge in [-0.2, -0.15) is 9.74 Å². The zero-order valence-electron chi connectivity index (χ0n) is 29.5. The molecule has 3 amide bonds. The van der Waals surface area contributed by atoms with E-state index in [1.54, 1.807) is 19.2 Å². The van der Waals surface area contributed by atoms with Crippen molar-refractivity contribution >= 4 is 20.5 Å². The highest BCUT2D eigenvalue weighted by molar-refractivity contribution is 7.44. The van der Waals surface area contributed by atoms with Gasteiger partial charge in [-0.3, -0.25) is 4.79 Å². The number of hydrogen-bond acceptors (Lipinski definition) is 9. The molecule has 2 heterocycles. The number of halogens is 1. The monoisotopic (exact) mass is 718 g/mol. The number of nitrogens with zero attached hydrogens (tertiary/aromatic N) is 3. The maximum absolute atomic E-state index is 17.8. The quantitative estimate of drug-likeness (QED) is 0.0809. The predicted octanol–water partition coefficient (Wildman–Crippen LogP) is 6.25. The number of imide groups is 1. The van der Waals surface area contributed by atoms with Gasteiger partial charge in [-0.1, -0.05) is 60.7 Å². The maximum Gasteiger partial charge on any atom is 0.431 e. The summed E-state index contributed by atoms with van der Waals surface area (Å²) in [5.41, 5.74) is 6.63. The van der Waals surface area contributed by atoms with E-state index in [0.29, 0.717) is 22.4 Å². The second-order valence-electron chi connectivity index (χ2n) is 12.9. The third-order valence-electron chi connectivity index (χ3n) is 9.25. The number of quaternary nitrogens is 1. The highest BCUT2D eigenvalue weighted by Crippen LogP contribution is 2.55. The molecular formula is C38H46FN5O6P+. The summed E-state index contributed by atoms with van der Waals surface area (Å²) in [5, 5.41) is 11.7. The van der Waals surface area contributed by atoms with Crippen LogP contribution in [0.25, 0.3) is 0 Å². The molecule has 270 valence electrons. The van der Waals surface area contributed by atoms with Gasteiger partial charge in [0, 0.05) is 35.3 Å². The second-order valence-corrected chi connectivity index (χ2v) is 14.3. The van der Waals surface area contributed by atoms with Crippen LogP contribution < -0.4 is 15.8 Å². The molecule has 3 aromatic carbocycles. The molecule has 0 aromatic heterocycles. The van der Waals surface area contributed by atoms with Crippen LogP contribution in [0.1, 0.15) is 50.8 Å². The number of alkyl halides is 1. The van der Waals surface area contributed by atoms with E-state index in [9.17, 15) is 14.9 Å². The standard InChI is InChI=1S/C38H45FN5O6P/c1-26(2)43(27(3)4)51(48-24-12-22-40)50-35-32(25-41)49-36(34(35)39)44(23-21-33(45)42-37(44)46)38(28-13-8-6-9-14-28,29-15-10-7-11-16-29)30-17-19-31(47-5)20-18-30/h6-11,13-21,23,26-27,32,34-36H,12,24-25,41H2,1-5H3/p+1/t32-,34-,35-,36-,44?,51?/m1/s1. The Morgan fingerprint density at radius 1 is 0.980 bits per heavy atom. The molecule has 3 N–H and O–H groups in total. The molecule has 6 atom stereocenters. The van der Waals surface area contributed by atoms with Crippen LogP contribution in [0.5, 0.6) is 5.75 Å². The summed E-state index contributed by atoms with van der Waals surface area (Å²) >= 11 is 0. The van der Waals surface area contributed by atoms with Crippen molar-refractivity contribution in [1.82, 2.24) is 9.99 Å². The predicted molar refractivity (Wildman–Crippen MR) is 191 cm³/mol. The lowest BCUT2D eigenvalue weighted by atomic mass is 9.73. The average Bonchev–Trinajstić information content (AvgIpc) is 3.45. The van der Waals surface area contributed by atoms with E-state index in [2.05, 4.69) is 11.4 Å². The molecule has 5 rings (SSSR count). The molecule has 0 aliphatic carbocycles. The minimum atomic E-state index is -1.96. The molecule has 0 saturated carbocycles. The Labute approximate surface area is 300 Å². The van der Waals surface area contributed by atoms with Crippen LogP contribution in [0.2, 0.25) is 0 Å². The molecule has 0 bridgehead atoms. The molecule has 2 aliphatic rings. The van der Waals surface area contributed by atoms with E-state index in [1.807, 2.05) is 105 Å². The summed E-state index contributed by atoms with van der Waals surface area (Å²) in [6.07, 6.45) is -3.03. The minimum absolute atomic E-state index is 0.0511. The van der Waals surface area contributed by atoms with E-state index in [0.717, 1.165) is 0 Å². The Hall–Kier alpha value is -4.05. The van der Waals surface area contributed by atoms with Crippen LogP contribution in [-0.2, 0) is 24.1 Å². The van der Waals surface area contributed by atoms with Crippen molar-refractivity contribution < 1.29 is 37.0 Å². The Morgan fingerprint density at radius 2 is 1.55 bits per heavy atom. The van der Waals surface area contributed by atoms with Crippen LogP contribution in [0, 0.1) is 11.3 Å². The molecule has 11 nitrogen and oxygen atoms in total. The number of methoxy groups -OCH3 is 1. The number of amides is 3. The van der Waals surface area contributed by atoms with Crippen molar-refractivity contribution in [3.63, 3.8) is 0 Å². The zero-order valence-corrected chi connectivity index (χ0v) is 30.4. The van der Waals surface area contributed by atoms with Crippen molar-refractivity contribution in [3.8, 4) is 11.8 Å². The third-order valence-corrected chi connectivity index (χ3v) is 11.4. The lowest BCUT2D eigenvalue weighted by molar-refractivity contribution is -0.899. The highest BCUT2D eigenvalue weighted by Gasteiger charge is 2.70. The summed E-state index contributed by atoms with van der Waals surface area (Å²) in [4.78, 5) is 27.8. The van der Waals surface area contributed by atoms with Crippen molar-refractivity contribution in [2.45, 2.75) is 76.3 Å². The lowest BCUT2D eigenvalue weighted by Crippen LogP contribution is -2.73. The fraction of sp³-hybridized carbons (Fsp3) is 0.395. The SMILES string of the molecule is COc1ccc(C(c2ccccc2)(c2ccccc2)[N+]2([C@@H]3O[C@H](CN)[C@@H](OP(OCCC#N)N(C(C)C)C(C)C)[C@H]3F)C=CC(=O)NC2=O)cc1. The van der Waals surface area contributed by atoms with E-state index < -0.39 is 55.1 Å². The number of nitriles is 1. The smallest absolute Gasteiger partial charge is 0.431 e. The average molecular weight is 719 g/mol. The Bertz CT molecular complexity index is 1660. The first-order valence-corrected chi connectivity index (χ1v) is 18.1. The molecule has 3 aromatic rings. The van der Waals surface area contributed by atoms with E-state index >= 15 is 4.39 Å². The first kappa shape index (κ1) is 38.2. The summed E-state index contributed by atoms with van der Waals surface area (Å²) in [6, 6.07) is 27.0. The van der Waals surface area contributed by atoms with Gasteiger partial charge in [-0.25, -0.2) is 19.2 Å². The van der Waals surface area contributed by atoms with Gasteiger partial charge in [0.2, 0.25) is 12.4 Å². The summed E-state index contributed by atoms with van der Waals surface area (Å²) in [5.74, 6) is -0.0649. The molecular weight excluding hydrogens is 672 g/mol. The number of nitrogens with one attached hydrogen (secondary N) is 1. The van der Waals surface area contributed by atoms with Crippen molar-refractivity contribution in [1.29, 1.82) is 5.26 Å². The Morgan fingerprint density at radius 3 is 2.04 bits per heavy atom. The van der Waals surface area contributed by atoms with Gasteiger partial charge in [0.15, 0.2) is 5.54 Å². The molecule has 51 heavy (non-hydrogen) atoms. The van der Waals surface area contributed by atoms with Gasteiger partial charge < -0.3 is 24.3 Å². The summed E-state index contributed by atoms with van der Waals surface area (Å²) in [7, 11) is -0.350. The first-order valence-electron chi connectivity index (χ1n) is 17.0. The molecule has 2 unspecified atom stereocenters. The number of hydrogen-bond donors (Lipinski definition) is 2. The number of benzene rings is 3. The normalized spacial score (nSPS) is 24.2. The van der Waals surface area contributed by atoms with E-state index in [-0.39, 0.29) is 31.7 Å². The molecule has 13 heteroatoms. The highest BCUT2D eigenvalue weighted by atomic mass is 31.2. The minimum Gasteiger partial charge on any atom is -0.497 e. The number of carbonyl (C=O) groups excluding carboxylic acids is 2. The van der Waals surface area contributed by atoms with Crippen LogP contribution in [-0.4, -0.2) is 78.0 Å². The van der Waals surface area contributed by atoms with Crippen LogP contribution in [0.4, 0.5) is 9.18 Å². The number of carbonyl (C=O) groups is 2. The van der Waals surface area contributed by atoms with Gasteiger partial charge >= 0.3 is 6.03 Å². The topological polar surface area (TPSA) is 136 Å². The molecule has 1 fully saturated rings. The van der Waals surface area contributed by atoms with Gasteiger partial charge in [0.05, 0.1) is 32.3 Å². The lowest BCUT2D eigenvalue weighted by Gasteiger charge is -2.52. The number of rotatable bonds is 15. The van der Waals surface area contributed by atoms with Gasteiger partial charge in [-0.05, 0) is 52.0 Å². The van der Waals surface area contributed by atoms with E-state index in [1.165, 1.54) is 12.3 Å². The van der Waals surface area contributed by atoms with Crippen molar-refractivity contribution in [3.05, 3.63) is 114 Å². The molecule has 0 radical (unpaired) electrons. The van der Waals surface area contributed by atoms with Crippen LogP contribution >= 0.6 is 8.53 Å². The van der Waals surface area contributed by atoms with Crippen LogP contribution in [0.3, 0.4) is 0 Å². The Kier molecular flexibility index (Phi) is 12.4. The maximum atomic E-state index is 17.8. The number of ether oxygens (including phenoxy) is 2. The fourth-order valence-corrected chi connectivity index (χ4v) is 8.98. The summed E-state index contributed by atoms with van der Waals surface area (Å²) in [6.45, 7) is 7.87. The number of nitrogens with two attached hydrogens (primary N) is 1. The third kappa shape index (κ3) is 7.08. The summed E-state index contributed by atoms with van der Waals surface area (Å²) < 4.78 is 43.8. The fourth-order valence-electron chi connectivity index (χ4n) is 7.21. The van der Waals surface area contributed by atoms with Crippen molar-refractivity contribution in [2.24, 2.45) is 5.73 Å². The van der Waals surface area contributed by atoms with Gasteiger partial charge in [0.1, 0.15) is 24.2 Å². The van der Waals surface area contributed by atoms with Crippen LogP contribution in [0.15, 0.2) is 97.2 Å². The number of urea groups is 1. The van der Waals surface area contributed by atoms with E-state index in [4.69, 9.17) is 24.3 Å². The molecule has 2 aliphatic heterocycles. The zero-order chi connectivity index (χ0) is 36.8. The first-order chi connectivity index (χ1) is 24.6. The van der Waals surface area contributed by atoms with Crippen molar-refractivity contribution in [2.75, 3.05) is 20.3 Å².